The third kappa shape index (κ3) is 3.47. The van der Waals surface area contributed by atoms with E-state index in [1.807, 2.05) is 37.3 Å². The molecule has 2 atom stereocenters. The van der Waals surface area contributed by atoms with Crippen LogP contribution in [0.15, 0.2) is 53.4 Å². The predicted octanol–water partition coefficient (Wildman–Crippen LogP) is 4.62. The van der Waals surface area contributed by atoms with E-state index in [9.17, 15) is 4.79 Å². The van der Waals surface area contributed by atoms with Gasteiger partial charge < -0.3 is 5.32 Å². The van der Waals surface area contributed by atoms with Gasteiger partial charge in [-0.05, 0) is 55.2 Å². The van der Waals surface area contributed by atoms with Crippen molar-refractivity contribution in [2.24, 2.45) is 0 Å². The molecule has 0 saturated carbocycles. The van der Waals surface area contributed by atoms with Gasteiger partial charge in [-0.25, -0.2) is 0 Å². The predicted molar refractivity (Wildman–Crippen MR) is 92.4 cm³/mol. The Kier molecular flexibility index (Phi) is 4.74. The molecule has 2 unspecified atom stereocenters. The Hall–Kier alpha value is -1.45. The SMILES string of the molecule is CC(Sc1ccc(Cl)cc1)C(=O)NC1CCc2ccccc21. The highest BCUT2D eigenvalue weighted by Gasteiger charge is 2.25. The fraction of sp³-hybridized carbons (Fsp3) is 0.278. The third-order valence-electron chi connectivity index (χ3n) is 3.95. The maximum absolute atomic E-state index is 12.4. The summed E-state index contributed by atoms with van der Waals surface area (Å²) in [5.41, 5.74) is 2.62. The molecule has 0 aromatic heterocycles. The number of aryl methyl sites for hydroxylation is 1. The smallest absolute Gasteiger partial charge is 0.233 e. The Morgan fingerprint density at radius 2 is 1.95 bits per heavy atom. The molecule has 3 rings (SSSR count). The van der Waals surface area contributed by atoms with Crippen molar-refractivity contribution in [1.82, 2.24) is 5.32 Å². The number of carbonyl (C=O) groups excluding carboxylic acids is 1. The van der Waals surface area contributed by atoms with Crippen LogP contribution >= 0.6 is 23.4 Å². The van der Waals surface area contributed by atoms with Crippen molar-refractivity contribution in [1.29, 1.82) is 0 Å². The summed E-state index contributed by atoms with van der Waals surface area (Å²) in [5, 5.41) is 3.76. The molecule has 2 nitrogen and oxygen atoms in total. The third-order valence-corrected chi connectivity index (χ3v) is 5.31. The van der Waals surface area contributed by atoms with E-state index in [0.717, 1.165) is 17.7 Å². The molecule has 0 bridgehead atoms. The van der Waals surface area contributed by atoms with Crippen LogP contribution in [0, 0.1) is 0 Å². The van der Waals surface area contributed by atoms with Gasteiger partial charge in [-0.2, -0.15) is 0 Å². The Bertz CT molecular complexity index is 671. The molecule has 0 spiro atoms. The zero-order valence-electron chi connectivity index (χ0n) is 12.4. The first kappa shape index (κ1) is 15.4. The van der Waals surface area contributed by atoms with E-state index in [1.165, 1.54) is 11.1 Å². The normalized spacial score (nSPS) is 17.8. The van der Waals surface area contributed by atoms with Gasteiger partial charge >= 0.3 is 0 Å². The summed E-state index contributed by atoms with van der Waals surface area (Å²) < 4.78 is 0. The lowest BCUT2D eigenvalue weighted by Crippen LogP contribution is -2.33. The van der Waals surface area contributed by atoms with Crippen molar-refractivity contribution in [2.45, 2.75) is 36.0 Å². The highest BCUT2D eigenvalue weighted by molar-refractivity contribution is 8.00. The monoisotopic (exact) mass is 331 g/mol. The van der Waals surface area contributed by atoms with E-state index in [0.29, 0.717) is 5.02 Å². The minimum Gasteiger partial charge on any atom is -0.348 e. The molecule has 114 valence electrons. The zero-order chi connectivity index (χ0) is 15.5. The molecular weight excluding hydrogens is 314 g/mol. The number of halogens is 1. The van der Waals surface area contributed by atoms with Crippen LogP contribution in [-0.2, 0) is 11.2 Å². The summed E-state index contributed by atoms with van der Waals surface area (Å²) in [4.78, 5) is 13.5. The van der Waals surface area contributed by atoms with Crippen molar-refractivity contribution >= 4 is 29.3 Å². The van der Waals surface area contributed by atoms with Crippen LogP contribution in [0.4, 0.5) is 0 Å². The summed E-state index contributed by atoms with van der Waals surface area (Å²) in [5.74, 6) is 0.0849. The van der Waals surface area contributed by atoms with Crippen LogP contribution in [0.1, 0.15) is 30.5 Å². The van der Waals surface area contributed by atoms with Gasteiger partial charge in [0.25, 0.3) is 0 Å². The lowest BCUT2D eigenvalue weighted by Gasteiger charge is -2.17. The van der Waals surface area contributed by atoms with Crippen molar-refractivity contribution in [2.75, 3.05) is 0 Å². The number of hydrogen-bond acceptors (Lipinski definition) is 2. The van der Waals surface area contributed by atoms with Gasteiger partial charge in [-0.15, -0.1) is 11.8 Å². The van der Waals surface area contributed by atoms with Gasteiger partial charge in [0, 0.05) is 9.92 Å². The molecule has 1 amide bonds. The number of fused-ring (bicyclic) bond motifs is 1. The van der Waals surface area contributed by atoms with Gasteiger partial charge in [0.1, 0.15) is 0 Å². The largest absolute Gasteiger partial charge is 0.348 e. The fourth-order valence-corrected chi connectivity index (χ4v) is 3.77. The van der Waals surface area contributed by atoms with Gasteiger partial charge in [0.15, 0.2) is 0 Å². The number of carbonyl (C=O) groups is 1. The second-order valence-electron chi connectivity index (χ2n) is 5.51. The highest BCUT2D eigenvalue weighted by Crippen LogP contribution is 2.31. The maximum atomic E-state index is 12.4. The van der Waals surface area contributed by atoms with Crippen LogP contribution in [0.3, 0.4) is 0 Å². The van der Waals surface area contributed by atoms with E-state index in [-0.39, 0.29) is 17.2 Å². The molecule has 0 saturated heterocycles. The highest BCUT2D eigenvalue weighted by atomic mass is 35.5. The number of hydrogen-bond donors (Lipinski definition) is 1. The lowest BCUT2D eigenvalue weighted by molar-refractivity contribution is -0.121. The van der Waals surface area contributed by atoms with Gasteiger partial charge in [0.2, 0.25) is 5.91 Å². The van der Waals surface area contributed by atoms with E-state index in [2.05, 4.69) is 23.5 Å². The second-order valence-corrected chi connectivity index (χ2v) is 7.36. The first-order valence-electron chi connectivity index (χ1n) is 7.44. The number of nitrogens with one attached hydrogen (secondary N) is 1. The van der Waals surface area contributed by atoms with Crippen LogP contribution < -0.4 is 5.32 Å². The Labute approximate surface area is 140 Å². The Morgan fingerprint density at radius 1 is 1.23 bits per heavy atom. The van der Waals surface area contributed by atoms with Crippen LogP contribution in [-0.4, -0.2) is 11.2 Å². The van der Waals surface area contributed by atoms with Crippen LogP contribution in [0.5, 0.6) is 0 Å². The summed E-state index contributed by atoms with van der Waals surface area (Å²) in [6.07, 6.45) is 2.03. The van der Waals surface area contributed by atoms with Gasteiger partial charge in [-0.3, -0.25) is 4.79 Å². The summed E-state index contributed by atoms with van der Waals surface area (Å²) in [6, 6.07) is 16.1. The van der Waals surface area contributed by atoms with Gasteiger partial charge in [0.05, 0.1) is 11.3 Å². The molecule has 1 aliphatic rings. The minimum atomic E-state index is -0.131. The second kappa shape index (κ2) is 6.76. The summed E-state index contributed by atoms with van der Waals surface area (Å²) in [7, 11) is 0. The quantitative estimate of drug-likeness (QED) is 0.828. The average molecular weight is 332 g/mol. The maximum Gasteiger partial charge on any atom is 0.233 e. The van der Waals surface area contributed by atoms with Gasteiger partial charge in [-0.1, -0.05) is 35.9 Å². The molecule has 1 N–H and O–H groups in total. The Balaban J connectivity index is 1.61. The molecule has 4 heteroatoms. The summed E-state index contributed by atoms with van der Waals surface area (Å²) in [6.45, 7) is 1.94. The van der Waals surface area contributed by atoms with Crippen molar-refractivity contribution in [3.8, 4) is 0 Å². The van der Waals surface area contributed by atoms with E-state index < -0.39 is 0 Å². The number of rotatable bonds is 4. The van der Waals surface area contributed by atoms with E-state index in [1.54, 1.807) is 11.8 Å². The van der Waals surface area contributed by atoms with Crippen molar-refractivity contribution < 1.29 is 4.79 Å². The molecule has 2 aromatic carbocycles. The molecule has 0 aliphatic heterocycles. The topological polar surface area (TPSA) is 29.1 Å². The minimum absolute atomic E-state index is 0.0849. The van der Waals surface area contributed by atoms with E-state index in [4.69, 9.17) is 11.6 Å². The Morgan fingerprint density at radius 3 is 2.73 bits per heavy atom. The van der Waals surface area contributed by atoms with Crippen molar-refractivity contribution in [3.63, 3.8) is 0 Å². The molecule has 0 radical (unpaired) electrons. The molecule has 1 aliphatic carbocycles. The molecule has 22 heavy (non-hydrogen) atoms. The van der Waals surface area contributed by atoms with E-state index >= 15 is 0 Å². The van der Waals surface area contributed by atoms with Crippen LogP contribution in [0.2, 0.25) is 5.02 Å². The molecule has 2 aromatic rings. The summed E-state index contributed by atoms with van der Waals surface area (Å²) >= 11 is 7.44. The van der Waals surface area contributed by atoms with Crippen molar-refractivity contribution in [3.05, 3.63) is 64.7 Å². The number of benzene rings is 2. The zero-order valence-corrected chi connectivity index (χ0v) is 14.0. The fourth-order valence-electron chi connectivity index (χ4n) is 2.77. The first-order valence-corrected chi connectivity index (χ1v) is 8.69. The molecular formula is C18H18ClNOS. The number of thioether (sulfide) groups is 1. The first-order chi connectivity index (χ1) is 10.6. The standard InChI is InChI=1S/C18H18ClNOS/c1-12(22-15-9-7-14(19)8-10-15)18(21)20-17-11-6-13-4-2-3-5-16(13)17/h2-5,7-10,12,17H,6,11H2,1H3,(H,20,21). The molecule has 0 fully saturated rings. The lowest BCUT2D eigenvalue weighted by atomic mass is 10.1. The molecule has 0 heterocycles. The van der Waals surface area contributed by atoms with Crippen LogP contribution in [0.25, 0.3) is 0 Å². The average Bonchev–Trinajstić information content (AvgIpc) is 2.93. The number of amides is 1.